The highest BCUT2D eigenvalue weighted by Gasteiger charge is 2.14. The summed E-state index contributed by atoms with van der Waals surface area (Å²) in [5.41, 5.74) is 4.09. The van der Waals surface area contributed by atoms with Crippen LogP contribution < -0.4 is 0 Å². The Kier molecular flexibility index (Phi) is 12.7. The summed E-state index contributed by atoms with van der Waals surface area (Å²) in [4.78, 5) is 0. The van der Waals surface area contributed by atoms with Gasteiger partial charge in [-0.1, -0.05) is 98.1 Å². The molecule has 0 aliphatic carbocycles. The van der Waals surface area contributed by atoms with E-state index in [1.54, 1.807) is 0 Å². The maximum Gasteiger partial charge on any atom is -0.0172 e. The third-order valence-corrected chi connectivity index (χ3v) is 5.29. The van der Waals surface area contributed by atoms with Crippen molar-refractivity contribution in [2.24, 2.45) is 11.3 Å². The Morgan fingerprint density at radius 2 is 1.68 bits per heavy atom. The fraction of sp³-hybridized carbons (Fsp3) is 0.680. The second-order valence-corrected chi connectivity index (χ2v) is 8.22. The minimum absolute atomic E-state index is 0.272. The van der Waals surface area contributed by atoms with Gasteiger partial charge in [0.1, 0.15) is 0 Å². The lowest BCUT2D eigenvalue weighted by atomic mass is 9.84. The summed E-state index contributed by atoms with van der Waals surface area (Å²) < 4.78 is 0. The zero-order valence-corrected chi connectivity index (χ0v) is 18.1. The molecule has 144 valence electrons. The summed E-state index contributed by atoms with van der Waals surface area (Å²) in [5, 5.41) is 0. The van der Waals surface area contributed by atoms with Crippen molar-refractivity contribution in [2.45, 2.75) is 99.3 Å². The number of hydrogen-bond donors (Lipinski definition) is 0. The molecule has 0 saturated carbocycles. The van der Waals surface area contributed by atoms with Crippen molar-refractivity contribution < 1.29 is 0 Å². The maximum absolute atomic E-state index is 4.37. The lowest BCUT2D eigenvalue weighted by Gasteiger charge is -2.21. The first-order valence-corrected chi connectivity index (χ1v) is 10.5. The molecule has 0 amide bonds. The molecule has 0 saturated heterocycles. The van der Waals surface area contributed by atoms with Gasteiger partial charge in [-0.25, -0.2) is 0 Å². The lowest BCUT2D eigenvalue weighted by molar-refractivity contribution is 0.441. The third-order valence-electron chi connectivity index (χ3n) is 5.29. The number of allylic oxidation sites excluding steroid dienone is 6. The van der Waals surface area contributed by atoms with Gasteiger partial charge in [0, 0.05) is 0 Å². The Morgan fingerprint density at radius 1 is 1.04 bits per heavy atom. The number of hydrogen-bond acceptors (Lipinski definition) is 0. The molecule has 1 atom stereocenters. The van der Waals surface area contributed by atoms with Gasteiger partial charge in [-0.05, 0) is 60.7 Å². The topological polar surface area (TPSA) is 0 Å². The minimum atomic E-state index is 0.272. The van der Waals surface area contributed by atoms with Crippen molar-refractivity contribution in [3.05, 3.63) is 48.1 Å². The summed E-state index contributed by atoms with van der Waals surface area (Å²) in [6.07, 6.45) is 18.2. The molecule has 0 rings (SSSR count). The molecule has 0 radical (unpaired) electrons. The summed E-state index contributed by atoms with van der Waals surface area (Å²) in [5.74, 6) is 0.545. The SMILES string of the molecule is C=C(C(=C)C(C)CCCCCCC)/C(=C/CCC(C)(C)C=CC)CC. The summed E-state index contributed by atoms with van der Waals surface area (Å²) in [6.45, 7) is 22.3. The Balaban J connectivity index is 4.53. The van der Waals surface area contributed by atoms with Crippen molar-refractivity contribution >= 4 is 0 Å². The molecule has 0 aromatic rings. The zero-order chi connectivity index (χ0) is 19.3. The van der Waals surface area contributed by atoms with E-state index in [1.807, 2.05) is 0 Å². The van der Waals surface area contributed by atoms with E-state index < -0.39 is 0 Å². The lowest BCUT2D eigenvalue weighted by Crippen LogP contribution is -2.07. The van der Waals surface area contributed by atoms with Crippen molar-refractivity contribution in [3.8, 4) is 0 Å². The Bertz CT molecular complexity index is 445. The Labute approximate surface area is 159 Å². The molecular formula is C25H44. The van der Waals surface area contributed by atoms with E-state index in [0.29, 0.717) is 5.92 Å². The first kappa shape index (κ1) is 24.0. The highest BCUT2D eigenvalue weighted by Crippen LogP contribution is 2.30. The van der Waals surface area contributed by atoms with Crippen LogP contribution in [-0.2, 0) is 0 Å². The fourth-order valence-electron chi connectivity index (χ4n) is 3.37. The minimum Gasteiger partial charge on any atom is -0.0950 e. The smallest absolute Gasteiger partial charge is 0.0172 e. The molecule has 0 spiro atoms. The van der Waals surface area contributed by atoms with Crippen molar-refractivity contribution in [1.82, 2.24) is 0 Å². The van der Waals surface area contributed by atoms with E-state index in [0.717, 1.165) is 12.8 Å². The van der Waals surface area contributed by atoms with Crippen LogP contribution >= 0.6 is 0 Å². The second kappa shape index (κ2) is 13.2. The quantitative estimate of drug-likeness (QED) is 0.168. The first-order valence-electron chi connectivity index (χ1n) is 10.5. The monoisotopic (exact) mass is 344 g/mol. The Morgan fingerprint density at radius 3 is 2.24 bits per heavy atom. The molecule has 25 heavy (non-hydrogen) atoms. The predicted octanol–water partition coefficient (Wildman–Crippen LogP) is 8.81. The van der Waals surface area contributed by atoms with Gasteiger partial charge in [0.15, 0.2) is 0 Å². The van der Waals surface area contributed by atoms with Crippen LogP contribution in [0.5, 0.6) is 0 Å². The van der Waals surface area contributed by atoms with Gasteiger partial charge in [0.2, 0.25) is 0 Å². The van der Waals surface area contributed by atoms with E-state index in [2.05, 4.69) is 72.9 Å². The summed E-state index contributed by atoms with van der Waals surface area (Å²) >= 11 is 0. The van der Waals surface area contributed by atoms with Gasteiger partial charge < -0.3 is 0 Å². The van der Waals surface area contributed by atoms with E-state index in [1.165, 1.54) is 61.7 Å². The molecule has 0 bridgehead atoms. The molecule has 0 fully saturated rings. The first-order chi connectivity index (χ1) is 11.8. The van der Waals surface area contributed by atoms with Gasteiger partial charge in [0.25, 0.3) is 0 Å². The average Bonchev–Trinajstić information content (AvgIpc) is 2.57. The van der Waals surface area contributed by atoms with E-state index >= 15 is 0 Å². The fourth-order valence-corrected chi connectivity index (χ4v) is 3.37. The third kappa shape index (κ3) is 10.5. The summed E-state index contributed by atoms with van der Waals surface area (Å²) in [7, 11) is 0. The van der Waals surface area contributed by atoms with Crippen LogP contribution in [0.1, 0.15) is 99.3 Å². The molecule has 1 unspecified atom stereocenters. The van der Waals surface area contributed by atoms with E-state index in [4.69, 9.17) is 0 Å². The Hall–Kier alpha value is -1.04. The standard InChI is InChI=1S/C25H44/c1-9-12-13-14-15-17-21(4)22(5)23(6)24(11-3)18-16-20-25(7,8)19-10-2/h10,18-19,21H,5-6,9,11-17,20H2,1-4,7-8H3/b19-10?,24-18+. The molecular weight excluding hydrogens is 300 g/mol. The molecule has 0 aromatic carbocycles. The maximum atomic E-state index is 4.37. The van der Waals surface area contributed by atoms with Crippen molar-refractivity contribution in [2.75, 3.05) is 0 Å². The van der Waals surface area contributed by atoms with Gasteiger partial charge in [-0.3, -0.25) is 0 Å². The average molecular weight is 345 g/mol. The molecule has 0 aliphatic rings. The van der Waals surface area contributed by atoms with Crippen LogP contribution in [0.25, 0.3) is 0 Å². The predicted molar refractivity (Wildman–Crippen MR) is 117 cm³/mol. The van der Waals surface area contributed by atoms with E-state index in [9.17, 15) is 0 Å². The normalized spacial score (nSPS) is 14.1. The van der Waals surface area contributed by atoms with Gasteiger partial charge in [-0.15, -0.1) is 0 Å². The summed E-state index contributed by atoms with van der Waals surface area (Å²) in [6, 6.07) is 0. The van der Waals surface area contributed by atoms with Gasteiger partial charge >= 0.3 is 0 Å². The zero-order valence-electron chi connectivity index (χ0n) is 18.1. The van der Waals surface area contributed by atoms with E-state index in [-0.39, 0.29) is 5.41 Å². The van der Waals surface area contributed by atoms with Crippen LogP contribution in [0, 0.1) is 11.3 Å². The van der Waals surface area contributed by atoms with Crippen LogP contribution in [0.2, 0.25) is 0 Å². The van der Waals surface area contributed by atoms with Crippen LogP contribution in [0.4, 0.5) is 0 Å². The number of unbranched alkanes of at least 4 members (excludes halogenated alkanes) is 4. The molecule has 0 heterocycles. The second-order valence-electron chi connectivity index (χ2n) is 8.22. The largest absolute Gasteiger partial charge is 0.0950 e. The van der Waals surface area contributed by atoms with Crippen molar-refractivity contribution in [3.63, 3.8) is 0 Å². The molecule has 0 heteroatoms. The van der Waals surface area contributed by atoms with Crippen molar-refractivity contribution in [1.29, 1.82) is 0 Å². The molecule has 0 aliphatic heterocycles. The van der Waals surface area contributed by atoms with Gasteiger partial charge in [0.05, 0.1) is 0 Å². The molecule has 0 aromatic heterocycles. The molecule has 0 N–H and O–H groups in total. The van der Waals surface area contributed by atoms with Crippen LogP contribution in [0.3, 0.4) is 0 Å². The highest BCUT2D eigenvalue weighted by molar-refractivity contribution is 5.44. The van der Waals surface area contributed by atoms with Crippen LogP contribution in [-0.4, -0.2) is 0 Å². The van der Waals surface area contributed by atoms with Crippen LogP contribution in [0.15, 0.2) is 48.1 Å². The molecule has 0 nitrogen and oxygen atoms in total. The highest BCUT2D eigenvalue weighted by atomic mass is 14.2. The van der Waals surface area contributed by atoms with Gasteiger partial charge in [-0.2, -0.15) is 0 Å². The number of rotatable bonds is 14.